The standard InChI is InChI=1S/C13H11N3OS.ClH/c17-13(14-8-11-2-1-5-18-11)9-3-4-12-10(6-9)7-15-16-12;/h1-7H,8H2,(H,14,17)(H,15,16);1H. The molecule has 1 aromatic carbocycles. The summed E-state index contributed by atoms with van der Waals surface area (Å²) in [5.74, 6) is -0.0634. The van der Waals surface area contributed by atoms with Gasteiger partial charge in [-0.05, 0) is 29.6 Å². The first-order valence-corrected chi connectivity index (χ1v) is 6.44. The maximum absolute atomic E-state index is 12.0. The third-order valence-corrected chi connectivity index (χ3v) is 3.58. The van der Waals surface area contributed by atoms with Crippen molar-refractivity contribution in [3.05, 3.63) is 52.3 Å². The van der Waals surface area contributed by atoms with Gasteiger partial charge in [-0.15, -0.1) is 23.7 Å². The highest BCUT2D eigenvalue weighted by Crippen LogP contribution is 2.13. The smallest absolute Gasteiger partial charge is 0.251 e. The van der Waals surface area contributed by atoms with Gasteiger partial charge in [0.2, 0.25) is 0 Å². The van der Waals surface area contributed by atoms with E-state index in [1.54, 1.807) is 23.6 Å². The van der Waals surface area contributed by atoms with Gasteiger partial charge in [0.15, 0.2) is 0 Å². The van der Waals surface area contributed by atoms with Crippen molar-refractivity contribution in [3.63, 3.8) is 0 Å². The van der Waals surface area contributed by atoms with E-state index in [4.69, 9.17) is 0 Å². The lowest BCUT2D eigenvalue weighted by Gasteiger charge is -2.03. The van der Waals surface area contributed by atoms with E-state index in [2.05, 4.69) is 15.5 Å². The number of benzene rings is 1. The first-order chi connectivity index (χ1) is 8.83. The zero-order valence-electron chi connectivity index (χ0n) is 9.92. The SMILES string of the molecule is Cl.O=C(NCc1cccs1)c1ccc2[nH]ncc2c1. The van der Waals surface area contributed by atoms with Crippen molar-refractivity contribution in [2.24, 2.45) is 0 Å². The normalized spacial score (nSPS) is 10.1. The van der Waals surface area contributed by atoms with Crippen LogP contribution in [0.3, 0.4) is 0 Å². The number of aromatic amines is 1. The summed E-state index contributed by atoms with van der Waals surface area (Å²) in [5.41, 5.74) is 1.59. The predicted molar refractivity (Wildman–Crippen MR) is 78.8 cm³/mol. The third kappa shape index (κ3) is 2.94. The molecule has 1 amide bonds. The fourth-order valence-corrected chi connectivity index (χ4v) is 2.41. The first-order valence-electron chi connectivity index (χ1n) is 5.56. The van der Waals surface area contributed by atoms with Crippen molar-refractivity contribution in [1.82, 2.24) is 15.5 Å². The van der Waals surface area contributed by atoms with Crippen LogP contribution in [0.1, 0.15) is 15.2 Å². The van der Waals surface area contributed by atoms with Crippen LogP contribution in [0.25, 0.3) is 10.9 Å². The Balaban J connectivity index is 0.00000133. The summed E-state index contributed by atoms with van der Waals surface area (Å²) in [6.45, 7) is 0.569. The summed E-state index contributed by atoms with van der Waals surface area (Å²) in [6, 6.07) is 9.48. The Bertz CT molecular complexity index is 678. The Kier molecular flexibility index (Phi) is 4.19. The highest BCUT2D eigenvalue weighted by atomic mass is 35.5. The Morgan fingerprint density at radius 2 is 2.26 bits per heavy atom. The Morgan fingerprint density at radius 1 is 1.37 bits per heavy atom. The minimum absolute atomic E-state index is 0. The number of rotatable bonds is 3. The molecule has 0 saturated carbocycles. The minimum Gasteiger partial charge on any atom is -0.347 e. The van der Waals surface area contributed by atoms with Crippen molar-refractivity contribution in [2.45, 2.75) is 6.54 Å². The quantitative estimate of drug-likeness (QED) is 0.780. The molecule has 2 N–H and O–H groups in total. The van der Waals surface area contributed by atoms with E-state index in [1.165, 1.54) is 0 Å². The van der Waals surface area contributed by atoms with E-state index in [0.29, 0.717) is 12.1 Å². The minimum atomic E-state index is -0.0634. The van der Waals surface area contributed by atoms with Crippen LogP contribution < -0.4 is 5.32 Å². The van der Waals surface area contributed by atoms with Crippen LogP contribution in [0.5, 0.6) is 0 Å². The number of H-pyrrole nitrogens is 1. The molecule has 98 valence electrons. The number of carbonyl (C=O) groups is 1. The number of thiophene rings is 1. The lowest BCUT2D eigenvalue weighted by molar-refractivity contribution is 0.0951. The fourth-order valence-electron chi connectivity index (χ4n) is 1.77. The van der Waals surface area contributed by atoms with Crippen molar-refractivity contribution in [3.8, 4) is 0 Å². The highest BCUT2D eigenvalue weighted by molar-refractivity contribution is 7.09. The summed E-state index contributed by atoms with van der Waals surface area (Å²) in [5, 5.41) is 12.6. The van der Waals surface area contributed by atoms with Gasteiger partial charge in [-0.25, -0.2) is 0 Å². The van der Waals surface area contributed by atoms with E-state index < -0.39 is 0 Å². The molecule has 19 heavy (non-hydrogen) atoms. The first kappa shape index (κ1) is 13.6. The molecule has 2 aromatic heterocycles. The second-order valence-electron chi connectivity index (χ2n) is 3.93. The average Bonchev–Trinajstić information content (AvgIpc) is 3.05. The molecule has 0 aliphatic rings. The number of aromatic nitrogens is 2. The molecule has 0 saturated heterocycles. The van der Waals surface area contributed by atoms with E-state index in [1.807, 2.05) is 29.6 Å². The van der Waals surface area contributed by atoms with E-state index in [9.17, 15) is 4.79 Å². The third-order valence-electron chi connectivity index (χ3n) is 2.71. The van der Waals surface area contributed by atoms with Crippen LogP contribution in [0.15, 0.2) is 41.9 Å². The van der Waals surface area contributed by atoms with Gasteiger partial charge in [0, 0.05) is 15.8 Å². The maximum Gasteiger partial charge on any atom is 0.251 e. The van der Waals surface area contributed by atoms with Gasteiger partial charge in [0.05, 0.1) is 18.3 Å². The van der Waals surface area contributed by atoms with Crippen molar-refractivity contribution in [2.75, 3.05) is 0 Å². The van der Waals surface area contributed by atoms with Crippen molar-refractivity contribution in [1.29, 1.82) is 0 Å². The molecule has 0 fully saturated rings. The summed E-state index contributed by atoms with van der Waals surface area (Å²) in [6.07, 6.45) is 1.71. The topological polar surface area (TPSA) is 57.8 Å². The van der Waals surface area contributed by atoms with E-state index in [0.717, 1.165) is 15.8 Å². The van der Waals surface area contributed by atoms with Gasteiger partial charge in [-0.1, -0.05) is 6.07 Å². The zero-order valence-corrected chi connectivity index (χ0v) is 11.6. The predicted octanol–water partition coefficient (Wildman–Crippen LogP) is 2.98. The second kappa shape index (κ2) is 5.86. The Morgan fingerprint density at radius 3 is 3.05 bits per heavy atom. The lowest BCUT2D eigenvalue weighted by atomic mass is 10.1. The number of nitrogens with one attached hydrogen (secondary N) is 2. The fraction of sp³-hybridized carbons (Fsp3) is 0.0769. The Hall–Kier alpha value is -1.85. The average molecular weight is 294 g/mol. The van der Waals surface area contributed by atoms with Crippen LogP contribution >= 0.6 is 23.7 Å². The molecule has 2 heterocycles. The van der Waals surface area contributed by atoms with Gasteiger partial charge in [0.25, 0.3) is 5.91 Å². The van der Waals surface area contributed by atoms with Gasteiger partial charge >= 0.3 is 0 Å². The van der Waals surface area contributed by atoms with Gasteiger partial charge in [0.1, 0.15) is 0 Å². The number of hydrogen-bond acceptors (Lipinski definition) is 3. The molecule has 0 bridgehead atoms. The maximum atomic E-state index is 12.0. The van der Waals surface area contributed by atoms with Gasteiger partial charge < -0.3 is 5.32 Å². The summed E-state index contributed by atoms with van der Waals surface area (Å²) >= 11 is 1.63. The number of carbonyl (C=O) groups excluding carboxylic acids is 1. The van der Waals surface area contributed by atoms with Crippen LogP contribution in [0.4, 0.5) is 0 Å². The highest BCUT2D eigenvalue weighted by Gasteiger charge is 2.07. The van der Waals surface area contributed by atoms with Crippen LogP contribution in [-0.4, -0.2) is 16.1 Å². The molecule has 0 spiro atoms. The summed E-state index contributed by atoms with van der Waals surface area (Å²) < 4.78 is 0. The van der Waals surface area contributed by atoms with E-state index >= 15 is 0 Å². The molecule has 4 nitrogen and oxygen atoms in total. The number of hydrogen-bond donors (Lipinski definition) is 2. The molecular weight excluding hydrogens is 282 g/mol. The van der Waals surface area contributed by atoms with Crippen molar-refractivity contribution < 1.29 is 4.79 Å². The van der Waals surface area contributed by atoms with Gasteiger partial charge in [-0.2, -0.15) is 5.10 Å². The van der Waals surface area contributed by atoms with Crippen LogP contribution in [-0.2, 0) is 6.54 Å². The summed E-state index contributed by atoms with van der Waals surface area (Å²) in [7, 11) is 0. The number of halogens is 1. The Labute approximate surface area is 120 Å². The second-order valence-corrected chi connectivity index (χ2v) is 4.97. The molecule has 0 radical (unpaired) electrons. The molecule has 3 rings (SSSR count). The molecule has 0 unspecified atom stereocenters. The zero-order chi connectivity index (χ0) is 12.4. The summed E-state index contributed by atoms with van der Waals surface area (Å²) in [4.78, 5) is 13.1. The largest absolute Gasteiger partial charge is 0.347 e. The van der Waals surface area contributed by atoms with E-state index in [-0.39, 0.29) is 18.3 Å². The van der Waals surface area contributed by atoms with Crippen LogP contribution in [0, 0.1) is 0 Å². The van der Waals surface area contributed by atoms with Crippen LogP contribution in [0.2, 0.25) is 0 Å². The molecular formula is C13H12ClN3OS. The van der Waals surface area contributed by atoms with Crippen molar-refractivity contribution >= 4 is 40.6 Å². The molecule has 0 aliphatic heterocycles. The molecule has 3 aromatic rings. The lowest BCUT2D eigenvalue weighted by Crippen LogP contribution is -2.22. The number of fused-ring (bicyclic) bond motifs is 1. The molecule has 0 atom stereocenters. The van der Waals surface area contributed by atoms with Gasteiger partial charge in [-0.3, -0.25) is 9.89 Å². The molecule has 6 heteroatoms. The number of nitrogens with zero attached hydrogens (tertiary/aromatic N) is 1. The molecule has 0 aliphatic carbocycles. The monoisotopic (exact) mass is 293 g/mol. The number of amides is 1.